The molecule has 2 atom stereocenters. The molecule has 0 aromatic heterocycles. The summed E-state index contributed by atoms with van der Waals surface area (Å²) in [5.41, 5.74) is 0. The van der Waals surface area contributed by atoms with Crippen LogP contribution in [0.1, 0.15) is 194 Å². The molecule has 0 saturated carbocycles. The number of likely N-dealkylation sites (N-methyl/N-ethyl adjacent to an activating group) is 1. The first-order valence-corrected chi connectivity index (χ1v) is 30.7. The molecule has 10 heteroatoms. The van der Waals surface area contributed by atoms with Gasteiger partial charge in [-0.2, -0.15) is 0 Å². The highest BCUT2D eigenvalue weighted by atomic mass is 31.2. The highest BCUT2D eigenvalue weighted by Gasteiger charge is 2.27. The number of allylic oxidation sites excluding steroid dienone is 26. The first-order valence-electron chi connectivity index (χ1n) is 29.2. The zero-order chi connectivity index (χ0) is 55.6. The van der Waals surface area contributed by atoms with Crippen molar-refractivity contribution in [1.29, 1.82) is 0 Å². The van der Waals surface area contributed by atoms with Crippen molar-refractivity contribution >= 4 is 19.8 Å². The van der Waals surface area contributed by atoms with E-state index >= 15 is 0 Å². The number of hydrogen-bond donors (Lipinski definition) is 1. The Morgan fingerprint density at radius 1 is 0.408 bits per heavy atom. The van der Waals surface area contributed by atoms with Crippen molar-refractivity contribution in [1.82, 2.24) is 0 Å². The minimum absolute atomic E-state index is 0.0134. The molecule has 2 unspecified atom stereocenters. The average Bonchev–Trinajstić information content (AvgIpc) is 3.38. The third kappa shape index (κ3) is 58.9. The number of unbranched alkanes of at least 4 members (excludes halogenated alkanes) is 11. The summed E-state index contributed by atoms with van der Waals surface area (Å²) < 4.78 is 34.5. The van der Waals surface area contributed by atoms with Crippen LogP contribution in [0.3, 0.4) is 0 Å². The predicted octanol–water partition coefficient (Wildman–Crippen LogP) is 18.5. The van der Waals surface area contributed by atoms with Crippen LogP contribution in [0.25, 0.3) is 0 Å². The van der Waals surface area contributed by atoms with E-state index in [1.165, 1.54) is 25.7 Å². The van der Waals surface area contributed by atoms with E-state index in [1.54, 1.807) is 0 Å². The van der Waals surface area contributed by atoms with E-state index < -0.39 is 32.5 Å². The summed E-state index contributed by atoms with van der Waals surface area (Å²) in [6.45, 7) is 4.13. The summed E-state index contributed by atoms with van der Waals surface area (Å²) in [5.74, 6) is -0.860. The highest BCUT2D eigenvalue weighted by Crippen LogP contribution is 2.43. The number of carbonyl (C=O) groups excluding carboxylic acids is 2. The van der Waals surface area contributed by atoms with E-state index in [1.807, 2.05) is 21.1 Å². The molecule has 0 aromatic carbocycles. The molecule has 0 heterocycles. The molecule has 0 spiro atoms. The molecule has 76 heavy (non-hydrogen) atoms. The van der Waals surface area contributed by atoms with Gasteiger partial charge in [0.2, 0.25) is 0 Å². The minimum atomic E-state index is -4.41. The maximum Gasteiger partial charge on any atom is 0.472 e. The van der Waals surface area contributed by atoms with E-state index in [-0.39, 0.29) is 26.1 Å². The van der Waals surface area contributed by atoms with Crippen LogP contribution in [0.2, 0.25) is 0 Å². The molecule has 0 aromatic rings. The molecule has 0 radical (unpaired) electrons. The van der Waals surface area contributed by atoms with Gasteiger partial charge in [0.25, 0.3) is 0 Å². The normalized spacial score (nSPS) is 14.4. The Labute approximate surface area is 465 Å². The fraction of sp³-hybridized carbons (Fsp3) is 0.576. The van der Waals surface area contributed by atoms with Crippen molar-refractivity contribution in [2.75, 3.05) is 47.5 Å². The average molecular weight is 1070 g/mol. The third-order valence-corrected chi connectivity index (χ3v) is 12.5. The number of rotatable bonds is 51. The van der Waals surface area contributed by atoms with Crippen LogP contribution in [0, 0.1) is 0 Å². The van der Waals surface area contributed by atoms with Gasteiger partial charge in [-0.15, -0.1) is 0 Å². The predicted molar refractivity (Wildman–Crippen MR) is 325 cm³/mol. The van der Waals surface area contributed by atoms with Gasteiger partial charge in [-0.25, -0.2) is 4.57 Å². The number of esters is 2. The molecule has 0 fully saturated rings. The first kappa shape index (κ1) is 71.6. The van der Waals surface area contributed by atoms with Crippen LogP contribution >= 0.6 is 7.82 Å². The van der Waals surface area contributed by atoms with Crippen LogP contribution < -0.4 is 0 Å². The van der Waals surface area contributed by atoms with E-state index in [2.05, 4.69) is 172 Å². The van der Waals surface area contributed by atoms with Gasteiger partial charge in [0.15, 0.2) is 6.10 Å². The standard InChI is InChI=1S/C66H106NO8P/c1-6-8-10-12-14-16-18-20-22-24-26-28-30-32-33-35-36-38-40-42-44-46-48-50-52-54-56-58-65(68)72-62-64(63-74-76(70,71)73-61-60-67(3,4)5)75-66(69)59-57-55-53-51-49-47-45-43-41-39-37-34-31-29-27-25-23-21-19-17-15-13-11-9-7-2/h8-11,14-17,20-23,26-29,32-34,36-38,41,43,47,49,64H,6-7,12-13,18-19,24-25,30-31,35,39-40,42,44-46,48,50-63H2,1-5H3/p+1/b10-8-,11-9-,16-14-,17-15-,22-20-,23-21-,28-26-,29-27-,33-32-,37-34-,38-36-,43-41-,49-47-. The Morgan fingerprint density at radius 2 is 0.711 bits per heavy atom. The molecule has 0 rings (SSSR count). The number of hydrogen-bond acceptors (Lipinski definition) is 7. The fourth-order valence-electron chi connectivity index (χ4n) is 7.11. The summed E-state index contributed by atoms with van der Waals surface area (Å²) >= 11 is 0. The molecule has 428 valence electrons. The maximum absolute atomic E-state index is 12.8. The van der Waals surface area contributed by atoms with Gasteiger partial charge in [-0.1, -0.05) is 217 Å². The number of nitrogens with zero attached hydrogens (tertiary/aromatic N) is 1. The van der Waals surface area contributed by atoms with Crippen LogP contribution in [-0.2, 0) is 32.7 Å². The molecule has 0 aliphatic carbocycles. The van der Waals surface area contributed by atoms with Crippen molar-refractivity contribution in [2.45, 2.75) is 200 Å². The van der Waals surface area contributed by atoms with E-state index in [4.69, 9.17) is 18.5 Å². The van der Waals surface area contributed by atoms with Gasteiger partial charge in [-0.05, 0) is 122 Å². The van der Waals surface area contributed by atoms with Crippen LogP contribution in [0.5, 0.6) is 0 Å². The van der Waals surface area contributed by atoms with Crippen LogP contribution in [0.15, 0.2) is 158 Å². The first-order chi connectivity index (χ1) is 37.0. The second kappa shape index (κ2) is 55.4. The van der Waals surface area contributed by atoms with Crippen molar-refractivity contribution in [3.05, 3.63) is 158 Å². The summed E-state index contributed by atoms with van der Waals surface area (Å²) in [4.78, 5) is 35.7. The Morgan fingerprint density at radius 3 is 1.07 bits per heavy atom. The number of phosphoric acid groups is 1. The topological polar surface area (TPSA) is 108 Å². The van der Waals surface area contributed by atoms with Gasteiger partial charge in [0, 0.05) is 12.8 Å². The molecular weight excluding hydrogens is 966 g/mol. The van der Waals surface area contributed by atoms with Gasteiger partial charge in [-0.3, -0.25) is 18.6 Å². The Hall–Kier alpha value is -4.37. The summed E-state index contributed by atoms with van der Waals surface area (Å²) in [7, 11) is 1.42. The minimum Gasteiger partial charge on any atom is -0.462 e. The van der Waals surface area contributed by atoms with Crippen molar-refractivity contribution in [2.24, 2.45) is 0 Å². The highest BCUT2D eigenvalue weighted by molar-refractivity contribution is 7.47. The molecule has 0 bridgehead atoms. The SMILES string of the molecule is CC/C=C\C/C=C\C/C=C\C/C=C\C/C=C\C/C=C\C/C=C\CCCCCC(=O)OC(COC(=O)CCCCCCCCCC/C=C\C/C=C\C/C=C\C/C=C\C/C=C\C/C=C\CC)COP(=O)(O)OCC[N+](C)(C)C. The van der Waals surface area contributed by atoms with E-state index in [9.17, 15) is 19.0 Å². The van der Waals surface area contributed by atoms with Crippen molar-refractivity contribution in [3.8, 4) is 0 Å². The monoisotopic (exact) mass is 1070 g/mol. The van der Waals surface area contributed by atoms with Gasteiger partial charge >= 0.3 is 19.8 Å². The number of ether oxygens (including phenoxy) is 2. The third-order valence-electron chi connectivity index (χ3n) is 11.6. The Balaban J connectivity index is 4.31. The lowest BCUT2D eigenvalue weighted by atomic mass is 10.1. The molecule has 0 amide bonds. The summed E-state index contributed by atoms with van der Waals surface area (Å²) in [6, 6.07) is 0. The van der Waals surface area contributed by atoms with Gasteiger partial charge in [0.1, 0.15) is 19.8 Å². The quantitative estimate of drug-likeness (QED) is 0.0211. The van der Waals surface area contributed by atoms with Gasteiger partial charge < -0.3 is 18.9 Å². The number of phosphoric ester groups is 1. The van der Waals surface area contributed by atoms with E-state index in [0.717, 1.165) is 128 Å². The van der Waals surface area contributed by atoms with Crippen LogP contribution in [-0.4, -0.2) is 74.9 Å². The number of quaternary nitrogens is 1. The summed E-state index contributed by atoms with van der Waals surface area (Å²) in [6.07, 6.45) is 83.1. The number of carbonyl (C=O) groups is 2. The lowest BCUT2D eigenvalue weighted by Crippen LogP contribution is -2.37. The second-order valence-electron chi connectivity index (χ2n) is 19.9. The smallest absolute Gasteiger partial charge is 0.462 e. The van der Waals surface area contributed by atoms with Crippen LogP contribution in [0.4, 0.5) is 0 Å². The van der Waals surface area contributed by atoms with Crippen molar-refractivity contribution < 1.29 is 42.1 Å². The molecule has 0 aliphatic rings. The lowest BCUT2D eigenvalue weighted by Gasteiger charge is -2.24. The molecule has 1 N–H and O–H groups in total. The zero-order valence-corrected chi connectivity index (χ0v) is 49.3. The molecule has 0 aliphatic heterocycles. The largest absolute Gasteiger partial charge is 0.472 e. The Kier molecular flexibility index (Phi) is 52.2. The second-order valence-corrected chi connectivity index (χ2v) is 21.4. The van der Waals surface area contributed by atoms with Crippen molar-refractivity contribution in [3.63, 3.8) is 0 Å². The Bertz CT molecular complexity index is 1840. The van der Waals surface area contributed by atoms with Gasteiger partial charge in [0.05, 0.1) is 27.7 Å². The fourth-order valence-corrected chi connectivity index (χ4v) is 7.86. The zero-order valence-electron chi connectivity index (χ0n) is 48.4. The van der Waals surface area contributed by atoms with E-state index in [0.29, 0.717) is 23.9 Å². The lowest BCUT2D eigenvalue weighted by molar-refractivity contribution is -0.870. The maximum atomic E-state index is 12.8. The molecule has 9 nitrogen and oxygen atoms in total. The molecular formula is C66H107NO8P+. The molecule has 0 saturated heterocycles. The summed E-state index contributed by atoms with van der Waals surface area (Å²) in [5, 5.41) is 0.